The number of aliphatic hydroxyl groups is 1. The molecule has 0 aliphatic heterocycles. The zero-order valence-corrected chi connectivity index (χ0v) is 14.7. The third-order valence-electron chi connectivity index (χ3n) is 4.98. The van der Waals surface area contributed by atoms with E-state index in [-0.39, 0.29) is 30.3 Å². The number of nitrogens with zero attached hydrogens (tertiary/aromatic N) is 4. The van der Waals surface area contributed by atoms with Gasteiger partial charge >= 0.3 is 0 Å². The SMILES string of the molecule is Cn1c(CO)nnc1C1CC(NC(=O)c2cn[nH]c2-c2cccc(F)c2)C1. The normalized spacial score (nSPS) is 18.9. The minimum absolute atomic E-state index is 0.0204. The number of carbonyl (C=O) groups is 1. The Labute approximate surface area is 154 Å². The van der Waals surface area contributed by atoms with Gasteiger partial charge in [-0.1, -0.05) is 12.1 Å². The van der Waals surface area contributed by atoms with Gasteiger partial charge in [0, 0.05) is 24.6 Å². The number of rotatable bonds is 5. The summed E-state index contributed by atoms with van der Waals surface area (Å²) in [5, 5.41) is 27.0. The van der Waals surface area contributed by atoms with Crippen LogP contribution in [-0.4, -0.2) is 42.0 Å². The van der Waals surface area contributed by atoms with E-state index in [9.17, 15) is 14.3 Å². The molecule has 0 unspecified atom stereocenters. The Hall–Kier alpha value is -3.07. The molecule has 1 fully saturated rings. The summed E-state index contributed by atoms with van der Waals surface area (Å²) in [6.45, 7) is -0.153. The predicted octanol–water partition coefficient (Wildman–Crippen LogP) is 1.51. The Bertz CT molecular complexity index is 976. The number of nitrogens with one attached hydrogen (secondary N) is 2. The van der Waals surface area contributed by atoms with E-state index in [1.165, 1.54) is 18.3 Å². The van der Waals surface area contributed by atoms with E-state index >= 15 is 0 Å². The van der Waals surface area contributed by atoms with E-state index in [4.69, 9.17) is 0 Å². The molecule has 9 heteroatoms. The molecule has 4 rings (SSSR count). The number of benzene rings is 1. The van der Waals surface area contributed by atoms with Crippen LogP contribution in [0.4, 0.5) is 4.39 Å². The maximum absolute atomic E-state index is 13.5. The van der Waals surface area contributed by atoms with Gasteiger partial charge in [0.15, 0.2) is 5.82 Å². The summed E-state index contributed by atoms with van der Waals surface area (Å²) in [6, 6.07) is 6.04. The summed E-state index contributed by atoms with van der Waals surface area (Å²) in [6.07, 6.45) is 2.94. The Morgan fingerprint density at radius 2 is 2.22 bits per heavy atom. The summed E-state index contributed by atoms with van der Waals surface area (Å²) in [7, 11) is 1.82. The Morgan fingerprint density at radius 3 is 2.93 bits per heavy atom. The molecule has 1 aliphatic carbocycles. The molecular formula is C18H19FN6O2. The van der Waals surface area contributed by atoms with Crippen LogP contribution in [0.15, 0.2) is 30.5 Å². The highest BCUT2D eigenvalue weighted by atomic mass is 19.1. The first-order valence-electron chi connectivity index (χ1n) is 8.66. The van der Waals surface area contributed by atoms with Gasteiger partial charge in [0.1, 0.15) is 18.2 Å². The second kappa shape index (κ2) is 6.92. The molecule has 1 saturated carbocycles. The molecule has 3 N–H and O–H groups in total. The minimum atomic E-state index is -0.374. The molecule has 0 radical (unpaired) electrons. The van der Waals surface area contributed by atoms with E-state index in [2.05, 4.69) is 25.7 Å². The zero-order chi connectivity index (χ0) is 19.0. The van der Waals surface area contributed by atoms with Crippen LogP contribution < -0.4 is 5.32 Å². The fourth-order valence-corrected chi connectivity index (χ4v) is 3.40. The fourth-order valence-electron chi connectivity index (χ4n) is 3.40. The lowest BCUT2D eigenvalue weighted by Gasteiger charge is -2.35. The molecule has 1 aliphatic rings. The molecule has 0 atom stereocenters. The van der Waals surface area contributed by atoms with Crippen LogP contribution in [0.3, 0.4) is 0 Å². The molecular weight excluding hydrogens is 351 g/mol. The number of H-pyrrole nitrogens is 1. The first kappa shape index (κ1) is 17.3. The minimum Gasteiger partial charge on any atom is -0.388 e. The monoisotopic (exact) mass is 370 g/mol. The van der Waals surface area contributed by atoms with E-state index in [1.807, 2.05) is 7.05 Å². The van der Waals surface area contributed by atoms with Crippen molar-refractivity contribution in [1.29, 1.82) is 0 Å². The molecule has 140 valence electrons. The summed E-state index contributed by atoms with van der Waals surface area (Å²) in [4.78, 5) is 12.6. The highest BCUT2D eigenvalue weighted by Gasteiger charge is 2.35. The fraction of sp³-hybridized carbons (Fsp3) is 0.333. The standard InChI is InChI=1S/C18H19FN6O2/c1-25-15(9-26)22-24-17(25)11-6-13(7-11)21-18(27)14-8-20-23-16(14)10-3-2-4-12(19)5-10/h2-5,8,11,13,26H,6-7,9H2,1H3,(H,20,23)(H,21,27). The topological polar surface area (TPSA) is 109 Å². The van der Waals surface area contributed by atoms with Gasteiger partial charge in [0.2, 0.25) is 0 Å². The van der Waals surface area contributed by atoms with E-state index in [0.29, 0.717) is 22.6 Å². The number of aromatic amines is 1. The lowest BCUT2D eigenvalue weighted by molar-refractivity contribution is 0.0907. The maximum Gasteiger partial charge on any atom is 0.255 e. The van der Waals surface area contributed by atoms with Crippen molar-refractivity contribution in [1.82, 2.24) is 30.3 Å². The largest absolute Gasteiger partial charge is 0.388 e. The van der Waals surface area contributed by atoms with E-state index in [1.54, 1.807) is 16.7 Å². The van der Waals surface area contributed by atoms with Crippen molar-refractivity contribution in [2.75, 3.05) is 0 Å². The Balaban J connectivity index is 1.42. The second-order valence-electron chi connectivity index (χ2n) is 6.70. The Morgan fingerprint density at radius 1 is 1.41 bits per heavy atom. The van der Waals surface area contributed by atoms with Crippen LogP contribution in [0.25, 0.3) is 11.3 Å². The van der Waals surface area contributed by atoms with Gasteiger partial charge in [-0.2, -0.15) is 5.10 Å². The molecule has 2 aromatic heterocycles. The number of aliphatic hydroxyl groups excluding tert-OH is 1. The summed E-state index contributed by atoms with van der Waals surface area (Å²) in [5.74, 6) is 0.908. The van der Waals surface area contributed by atoms with Crippen molar-refractivity contribution >= 4 is 5.91 Å². The first-order chi connectivity index (χ1) is 13.1. The lowest BCUT2D eigenvalue weighted by Crippen LogP contribution is -2.44. The quantitative estimate of drug-likeness (QED) is 0.631. The summed E-state index contributed by atoms with van der Waals surface area (Å²) >= 11 is 0. The molecule has 27 heavy (non-hydrogen) atoms. The summed E-state index contributed by atoms with van der Waals surface area (Å²) in [5.41, 5.74) is 1.44. The number of hydrogen-bond acceptors (Lipinski definition) is 5. The molecule has 0 spiro atoms. The zero-order valence-electron chi connectivity index (χ0n) is 14.7. The van der Waals surface area contributed by atoms with Crippen LogP contribution in [0.1, 0.15) is 40.8 Å². The smallest absolute Gasteiger partial charge is 0.255 e. The average Bonchev–Trinajstić information content (AvgIpc) is 3.24. The van der Waals surface area contributed by atoms with Gasteiger partial charge < -0.3 is 15.0 Å². The van der Waals surface area contributed by atoms with Gasteiger partial charge in [-0.3, -0.25) is 9.89 Å². The molecule has 0 bridgehead atoms. The predicted molar refractivity (Wildman–Crippen MR) is 94.1 cm³/mol. The molecule has 2 heterocycles. The molecule has 3 aromatic rings. The van der Waals surface area contributed by atoms with Crippen LogP contribution in [0.5, 0.6) is 0 Å². The molecule has 0 saturated heterocycles. The number of carbonyl (C=O) groups excluding carboxylic acids is 1. The molecule has 1 amide bonds. The Kier molecular flexibility index (Phi) is 4.44. The third kappa shape index (κ3) is 3.21. The second-order valence-corrected chi connectivity index (χ2v) is 6.70. The van der Waals surface area contributed by atoms with Gasteiger partial charge in [-0.05, 0) is 25.0 Å². The average molecular weight is 370 g/mol. The molecule has 8 nitrogen and oxygen atoms in total. The molecule has 1 aromatic carbocycles. The maximum atomic E-state index is 13.5. The lowest BCUT2D eigenvalue weighted by atomic mass is 9.79. The number of halogens is 1. The van der Waals surface area contributed by atoms with Gasteiger partial charge in [-0.15, -0.1) is 10.2 Å². The van der Waals surface area contributed by atoms with Crippen molar-refractivity contribution in [3.63, 3.8) is 0 Å². The van der Waals surface area contributed by atoms with Crippen LogP contribution >= 0.6 is 0 Å². The van der Waals surface area contributed by atoms with Crippen molar-refractivity contribution in [3.05, 3.63) is 53.5 Å². The highest BCUT2D eigenvalue weighted by molar-refractivity contribution is 5.99. The van der Waals surface area contributed by atoms with Gasteiger partial charge in [0.25, 0.3) is 5.91 Å². The van der Waals surface area contributed by atoms with Gasteiger partial charge in [0.05, 0.1) is 17.5 Å². The van der Waals surface area contributed by atoms with Crippen molar-refractivity contribution in [2.24, 2.45) is 7.05 Å². The first-order valence-corrected chi connectivity index (χ1v) is 8.66. The van der Waals surface area contributed by atoms with Crippen molar-refractivity contribution < 1.29 is 14.3 Å². The summed E-state index contributed by atoms with van der Waals surface area (Å²) < 4.78 is 15.3. The van der Waals surface area contributed by atoms with Crippen molar-refractivity contribution in [3.8, 4) is 11.3 Å². The van der Waals surface area contributed by atoms with E-state index < -0.39 is 0 Å². The number of aromatic nitrogens is 5. The van der Waals surface area contributed by atoms with Crippen LogP contribution in [0.2, 0.25) is 0 Å². The number of amides is 1. The number of hydrogen-bond donors (Lipinski definition) is 3. The van der Waals surface area contributed by atoms with Crippen LogP contribution in [-0.2, 0) is 13.7 Å². The van der Waals surface area contributed by atoms with Crippen molar-refractivity contribution in [2.45, 2.75) is 31.4 Å². The van der Waals surface area contributed by atoms with Crippen LogP contribution in [0, 0.1) is 5.82 Å². The van der Waals surface area contributed by atoms with Gasteiger partial charge in [-0.25, -0.2) is 4.39 Å². The van der Waals surface area contributed by atoms with E-state index in [0.717, 1.165) is 18.7 Å². The highest BCUT2D eigenvalue weighted by Crippen LogP contribution is 2.36. The third-order valence-corrected chi connectivity index (χ3v) is 4.98.